The maximum Gasteiger partial charge on any atom is 0.344 e. The van der Waals surface area contributed by atoms with Crippen molar-refractivity contribution in [1.82, 2.24) is 5.32 Å². The minimum absolute atomic E-state index is 0.276. The molecule has 3 rings (SSSR count). The van der Waals surface area contributed by atoms with Gasteiger partial charge in [-0.2, -0.15) is 5.26 Å². The van der Waals surface area contributed by atoms with Crippen LogP contribution in [0.5, 0.6) is 5.75 Å². The van der Waals surface area contributed by atoms with E-state index in [0.717, 1.165) is 11.1 Å². The largest absolute Gasteiger partial charge is 0.481 e. The molecule has 1 amide bonds. The highest BCUT2D eigenvalue weighted by Gasteiger charge is 2.18. The molecular weight excluding hydrogens is 416 g/mol. The van der Waals surface area contributed by atoms with Crippen LogP contribution in [0, 0.1) is 11.3 Å². The average molecular weight is 435 g/mol. The van der Waals surface area contributed by atoms with Crippen molar-refractivity contribution in [3.05, 3.63) is 101 Å². The van der Waals surface area contributed by atoms with Crippen molar-refractivity contribution < 1.29 is 19.1 Å². The van der Waals surface area contributed by atoms with Crippen LogP contribution in [0.3, 0.4) is 0 Å². The molecule has 0 aromatic heterocycles. The van der Waals surface area contributed by atoms with Gasteiger partial charge >= 0.3 is 5.97 Å². The first-order valence-electron chi connectivity index (χ1n) is 9.44. The van der Waals surface area contributed by atoms with Crippen LogP contribution in [0.1, 0.15) is 22.7 Å². The van der Waals surface area contributed by atoms with E-state index in [-0.39, 0.29) is 5.75 Å². The Morgan fingerprint density at radius 1 is 0.903 bits per heavy atom. The first-order valence-corrected chi connectivity index (χ1v) is 9.82. The fourth-order valence-electron chi connectivity index (χ4n) is 2.87. The second kappa shape index (κ2) is 10.8. The number of nitrogens with zero attached hydrogens (tertiary/aromatic N) is 1. The normalized spacial score (nSPS) is 11.1. The van der Waals surface area contributed by atoms with Crippen molar-refractivity contribution in [1.29, 1.82) is 5.26 Å². The third-order valence-corrected chi connectivity index (χ3v) is 4.61. The third kappa shape index (κ3) is 6.33. The zero-order chi connectivity index (χ0) is 22.1. The van der Waals surface area contributed by atoms with E-state index < -0.39 is 31.1 Å². The Hall–Kier alpha value is -3.82. The minimum atomic E-state index is -0.717. The Labute approximate surface area is 185 Å². The fraction of sp³-hybridized carbons (Fsp3) is 0.125. The van der Waals surface area contributed by atoms with Crippen LogP contribution in [-0.4, -0.2) is 25.1 Å². The minimum Gasteiger partial charge on any atom is -0.481 e. The predicted octanol–water partition coefficient (Wildman–Crippen LogP) is 4.04. The van der Waals surface area contributed by atoms with Crippen LogP contribution in [-0.2, 0) is 14.3 Å². The van der Waals surface area contributed by atoms with Crippen molar-refractivity contribution in [3.63, 3.8) is 0 Å². The van der Waals surface area contributed by atoms with Crippen molar-refractivity contribution in [2.24, 2.45) is 0 Å². The second-order valence-electron chi connectivity index (χ2n) is 6.52. The number of para-hydroxylation sites is 1. The standard InChI is InChI=1S/C24H19ClN2O4/c25-20-12-10-18(11-13-20)24(17-6-2-1-3-7-17)27-22(28)15-31-23(29)16-30-21-9-5-4-8-19(21)14-26/h1-13,24H,15-16H2,(H,27,28). The van der Waals surface area contributed by atoms with Gasteiger partial charge in [0.2, 0.25) is 0 Å². The molecule has 0 bridgehead atoms. The maximum absolute atomic E-state index is 12.4. The van der Waals surface area contributed by atoms with E-state index in [1.807, 2.05) is 48.5 Å². The maximum atomic E-state index is 12.4. The SMILES string of the molecule is N#Cc1ccccc1OCC(=O)OCC(=O)NC(c1ccccc1)c1ccc(Cl)cc1. The molecule has 31 heavy (non-hydrogen) atoms. The van der Waals surface area contributed by atoms with Crippen LogP contribution in [0.4, 0.5) is 0 Å². The number of rotatable bonds is 8. The van der Waals surface area contributed by atoms with Gasteiger partial charge in [0.15, 0.2) is 13.2 Å². The number of hydrogen-bond acceptors (Lipinski definition) is 5. The highest BCUT2D eigenvalue weighted by atomic mass is 35.5. The van der Waals surface area contributed by atoms with E-state index >= 15 is 0 Å². The first-order chi connectivity index (χ1) is 15.1. The summed E-state index contributed by atoms with van der Waals surface area (Å²) < 4.78 is 10.3. The Kier molecular flexibility index (Phi) is 7.63. The fourth-order valence-corrected chi connectivity index (χ4v) is 3.00. The number of carbonyl (C=O) groups is 2. The summed E-state index contributed by atoms with van der Waals surface area (Å²) >= 11 is 5.97. The van der Waals surface area contributed by atoms with Gasteiger partial charge in [-0.3, -0.25) is 4.79 Å². The van der Waals surface area contributed by atoms with Crippen LogP contribution in [0.25, 0.3) is 0 Å². The van der Waals surface area contributed by atoms with Gasteiger partial charge in [0.25, 0.3) is 5.91 Å². The number of esters is 1. The van der Waals surface area contributed by atoms with Gasteiger partial charge in [0, 0.05) is 5.02 Å². The lowest BCUT2D eigenvalue weighted by Gasteiger charge is -2.20. The smallest absolute Gasteiger partial charge is 0.344 e. The molecule has 1 atom stereocenters. The molecule has 0 aliphatic heterocycles. The van der Waals surface area contributed by atoms with E-state index in [9.17, 15) is 9.59 Å². The second-order valence-corrected chi connectivity index (χ2v) is 6.96. The molecule has 1 N–H and O–H groups in total. The van der Waals surface area contributed by atoms with Gasteiger partial charge in [-0.25, -0.2) is 4.79 Å². The van der Waals surface area contributed by atoms with Crippen LogP contribution >= 0.6 is 11.6 Å². The quantitative estimate of drug-likeness (QED) is 0.540. The molecule has 0 spiro atoms. The Morgan fingerprint density at radius 2 is 1.55 bits per heavy atom. The zero-order valence-electron chi connectivity index (χ0n) is 16.5. The summed E-state index contributed by atoms with van der Waals surface area (Å²) in [5.41, 5.74) is 2.02. The van der Waals surface area contributed by atoms with Crippen molar-refractivity contribution in [2.75, 3.05) is 13.2 Å². The van der Waals surface area contributed by atoms with Crippen LogP contribution < -0.4 is 10.1 Å². The highest BCUT2D eigenvalue weighted by molar-refractivity contribution is 6.30. The molecule has 0 heterocycles. The highest BCUT2D eigenvalue weighted by Crippen LogP contribution is 2.23. The molecule has 3 aromatic rings. The van der Waals surface area contributed by atoms with Gasteiger partial charge in [0.1, 0.15) is 11.8 Å². The van der Waals surface area contributed by atoms with Crippen LogP contribution in [0.2, 0.25) is 5.02 Å². The van der Waals surface area contributed by atoms with Gasteiger partial charge in [-0.15, -0.1) is 0 Å². The number of benzene rings is 3. The van der Waals surface area contributed by atoms with Crippen molar-refractivity contribution >= 4 is 23.5 Å². The lowest BCUT2D eigenvalue weighted by atomic mass is 9.99. The van der Waals surface area contributed by atoms with E-state index in [2.05, 4.69) is 5.32 Å². The van der Waals surface area contributed by atoms with Gasteiger partial charge in [-0.05, 0) is 35.4 Å². The zero-order valence-corrected chi connectivity index (χ0v) is 17.2. The van der Waals surface area contributed by atoms with E-state index in [0.29, 0.717) is 10.6 Å². The number of ether oxygens (including phenoxy) is 2. The van der Waals surface area contributed by atoms with Gasteiger partial charge in [-0.1, -0.05) is 66.2 Å². The van der Waals surface area contributed by atoms with Crippen LogP contribution in [0.15, 0.2) is 78.9 Å². The molecule has 0 saturated heterocycles. The summed E-state index contributed by atoms with van der Waals surface area (Å²) in [4.78, 5) is 24.4. The number of nitriles is 1. The van der Waals surface area contributed by atoms with E-state index in [4.69, 9.17) is 26.3 Å². The van der Waals surface area contributed by atoms with Gasteiger partial charge < -0.3 is 14.8 Å². The number of amides is 1. The molecule has 3 aromatic carbocycles. The van der Waals surface area contributed by atoms with Gasteiger partial charge in [0.05, 0.1) is 11.6 Å². The molecule has 0 radical (unpaired) electrons. The number of halogens is 1. The molecule has 0 aliphatic carbocycles. The summed E-state index contributed by atoms with van der Waals surface area (Å²) in [6.45, 7) is -0.871. The lowest BCUT2D eigenvalue weighted by Crippen LogP contribution is -2.33. The summed E-state index contributed by atoms with van der Waals surface area (Å²) in [5.74, 6) is -0.904. The Morgan fingerprint density at radius 3 is 2.26 bits per heavy atom. The molecule has 6 nitrogen and oxygen atoms in total. The molecule has 0 fully saturated rings. The molecule has 0 aliphatic rings. The molecular formula is C24H19ClN2O4. The monoisotopic (exact) mass is 434 g/mol. The number of hydrogen-bond donors (Lipinski definition) is 1. The summed E-state index contributed by atoms with van der Waals surface area (Å²) in [6, 6.07) is 24.7. The van der Waals surface area contributed by atoms with E-state index in [1.165, 1.54) is 0 Å². The Bertz CT molecular complexity index is 1080. The average Bonchev–Trinajstić information content (AvgIpc) is 2.81. The van der Waals surface area contributed by atoms with Crippen molar-refractivity contribution in [2.45, 2.75) is 6.04 Å². The molecule has 0 saturated carbocycles. The topological polar surface area (TPSA) is 88.4 Å². The number of carbonyl (C=O) groups excluding carboxylic acids is 2. The molecule has 156 valence electrons. The summed E-state index contributed by atoms with van der Waals surface area (Å²) in [6.07, 6.45) is 0. The van der Waals surface area contributed by atoms with E-state index in [1.54, 1.807) is 36.4 Å². The third-order valence-electron chi connectivity index (χ3n) is 4.36. The lowest BCUT2D eigenvalue weighted by molar-refractivity contribution is -0.150. The Balaban J connectivity index is 1.57. The predicted molar refractivity (Wildman–Crippen MR) is 115 cm³/mol. The molecule has 7 heteroatoms. The summed E-state index contributed by atoms with van der Waals surface area (Å²) in [7, 11) is 0. The first kappa shape index (κ1) is 21.9. The van der Waals surface area contributed by atoms with Crippen molar-refractivity contribution in [3.8, 4) is 11.8 Å². The summed E-state index contributed by atoms with van der Waals surface area (Å²) in [5, 5.41) is 12.5. The molecule has 1 unspecified atom stereocenters. The number of nitrogens with one attached hydrogen (secondary N) is 1.